The van der Waals surface area contributed by atoms with Gasteiger partial charge in [0.15, 0.2) is 6.19 Å². The number of hydrogen-bond donors (Lipinski definition) is 1. The van der Waals surface area contributed by atoms with Gasteiger partial charge in [-0.3, -0.25) is 4.79 Å². The van der Waals surface area contributed by atoms with E-state index in [-0.39, 0.29) is 6.42 Å². The Hall–Kier alpha value is -2.35. The number of nitrogens with zero attached hydrogens (tertiary/aromatic N) is 2. The van der Waals surface area contributed by atoms with E-state index >= 15 is 0 Å². The fourth-order valence-corrected chi connectivity index (χ4v) is 1.49. The zero-order valence-electron chi connectivity index (χ0n) is 9.33. The van der Waals surface area contributed by atoms with Gasteiger partial charge in [0, 0.05) is 13.3 Å². The van der Waals surface area contributed by atoms with Crippen molar-refractivity contribution in [1.29, 1.82) is 5.26 Å². The van der Waals surface area contributed by atoms with Crippen molar-refractivity contribution in [2.45, 2.75) is 19.4 Å². The van der Waals surface area contributed by atoms with Crippen LogP contribution in [-0.4, -0.2) is 27.9 Å². The molecule has 0 unspecified atom stereocenters. The van der Waals surface area contributed by atoms with Crippen LogP contribution in [-0.2, 0) is 16.0 Å². The minimum Gasteiger partial charge on any atom is -0.480 e. The normalized spacial score (nSPS) is 11.3. The van der Waals surface area contributed by atoms with Gasteiger partial charge in [-0.15, -0.1) is 0 Å². The molecule has 0 aliphatic carbocycles. The molecule has 0 aliphatic heterocycles. The van der Waals surface area contributed by atoms with Crippen LogP contribution in [0.5, 0.6) is 0 Å². The molecule has 0 saturated heterocycles. The van der Waals surface area contributed by atoms with Crippen LogP contribution in [0.1, 0.15) is 12.5 Å². The summed E-state index contributed by atoms with van der Waals surface area (Å²) in [6, 6.07) is 7.72. The predicted octanol–water partition coefficient (Wildman–Crippen LogP) is 1.01. The maximum Gasteiger partial charge on any atom is 0.328 e. The van der Waals surface area contributed by atoms with E-state index in [2.05, 4.69) is 0 Å². The van der Waals surface area contributed by atoms with Crippen molar-refractivity contribution in [2.75, 3.05) is 0 Å². The summed E-state index contributed by atoms with van der Waals surface area (Å²) in [5, 5.41) is 17.8. The van der Waals surface area contributed by atoms with Crippen LogP contribution in [0.4, 0.5) is 0 Å². The molecule has 17 heavy (non-hydrogen) atoms. The Labute approximate surface area is 98.9 Å². The third-order valence-corrected chi connectivity index (χ3v) is 2.32. The third-order valence-electron chi connectivity index (χ3n) is 2.32. The SMILES string of the molecule is CC(=O)N(C#N)[C@@H](Cc1ccccc1)C(=O)O. The largest absolute Gasteiger partial charge is 0.480 e. The van der Waals surface area contributed by atoms with E-state index in [1.54, 1.807) is 30.5 Å². The molecule has 5 nitrogen and oxygen atoms in total. The number of carbonyl (C=O) groups excluding carboxylic acids is 1. The van der Waals surface area contributed by atoms with Crippen molar-refractivity contribution in [3.8, 4) is 6.19 Å². The Balaban J connectivity index is 2.92. The van der Waals surface area contributed by atoms with E-state index in [0.717, 1.165) is 5.56 Å². The Morgan fingerprint density at radius 3 is 2.41 bits per heavy atom. The molecule has 0 heterocycles. The van der Waals surface area contributed by atoms with Gasteiger partial charge in [-0.05, 0) is 5.56 Å². The maximum atomic E-state index is 11.2. The average molecular weight is 232 g/mol. The van der Waals surface area contributed by atoms with E-state index in [1.165, 1.54) is 6.92 Å². The first-order valence-electron chi connectivity index (χ1n) is 5.02. The quantitative estimate of drug-likeness (QED) is 0.620. The molecule has 1 N–H and O–H groups in total. The summed E-state index contributed by atoms with van der Waals surface area (Å²) in [4.78, 5) is 22.9. The highest BCUT2D eigenvalue weighted by atomic mass is 16.4. The summed E-state index contributed by atoms with van der Waals surface area (Å²) in [5.74, 6) is -1.76. The van der Waals surface area contributed by atoms with Crippen molar-refractivity contribution >= 4 is 11.9 Å². The molecular formula is C12H12N2O3. The van der Waals surface area contributed by atoms with Gasteiger partial charge in [0.05, 0.1) is 0 Å². The molecule has 5 heteroatoms. The smallest absolute Gasteiger partial charge is 0.328 e. The summed E-state index contributed by atoms with van der Waals surface area (Å²) in [7, 11) is 0. The highest BCUT2D eigenvalue weighted by Gasteiger charge is 2.27. The predicted molar refractivity (Wildman–Crippen MR) is 59.7 cm³/mol. The summed E-state index contributed by atoms with van der Waals surface area (Å²) < 4.78 is 0. The van der Waals surface area contributed by atoms with Crippen LogP contribution in [0, 0.1) is 11.5 Å². The lowest BCUT2D eigenvalue weighted by Gasteiger charge is -2.20. The number of carboxylic acids is 1. The number of carboxylic acid groups (broad SMARTS) is 1. The van der Waals surface area contributed by atoms with E-state index in [9.17, 15) is 9.59 Å². The number of nitriles is 1. The topological polar surface area (TPSA) is 81.4 Å². The monoisotopic (exact) mass is 232 g/mol. The second-order valence-corrected chi connectivity index (χ2v) is 3.53. The summed E-state index contributed by atoms with van der Waals surface area (Å²) in [6.45, 7) is 1.17. The Morgan fingerprint density at radius 2 is 2.00 bits per heavy atom. The summed E-state index contributed by atoms with van der Waals surface area (Å²) in [5.41, 5.74) is 0.765. The Morgan fingerprint density at radius 1 is 1.41 bits per heavy atom. The lowest BCUT2D eigenvalue weighted by Crippen LogP contribution is -2.42. The minimum absolute atomic E-state index is 0.114. The highest BCUT2D eigenvalue weighted by Crippen LogP contribution is 2.09. The molecule has 0 aliphatic rings. The molecule has 1 amide bonds. The molecule has 88 valence electrons. The van der Waals surface area contributed by atoms with E-state index in [0.29, 0.717) is 4.90 Å². The molecule has 0 fully saturated rings. The molecule has 1 aromatic carbocycles. The lowest BCUT2D eigenvalue weighted by molar-refractivity contribution is -0.146. The van der Waals surface area contributed by atoms with Gasteiger partial charge in [0.2, 0.25) is 5.91 Å². The van der Waals surface area contributed by atoms with Crippen LogP contribution in [0.15, 0.2) is 30.3 Å². The fraction of sp³-hybridized carbons (Fsp3) is 0.250. The fourth-order valence-electron chi connectivity index (χ4n) is 1.49. The number of benzene rings is 1. The number of rotatable bonds is 4. The van der Waals surface area contributed by atoms with Gasteiger partial charge >= 0.3 is 5.97 Å². The standard InChI is InChI=1S/C12H12N2O3/c1-9(15)14(8-13)11(12(16)17)7-10-5-3-2-4-6-10/h2-6,11H,7H2,1H3,(H,16,17)/t11-/m0/s1. The van der Waals surface area contributed by atoms with Gasteiger partial charge in [0.1, 0.15) is 6.04 Å². The molecule has 0 spiro atoms. The number of amides is 1. The Kier molecular flexibility index (Phi) is 4.23. The number of carbonyl (C=O) groups is 2. The molecule has 1 rings (SSSR count). The molecule has 0 bridgehead atoms. The highest BCUT2D eigenvalue weighted by molar-refractivity contribution is 5.83. The first-order valence-corrected chi connectivity index (χ1v) is 5.02. The van der Waals surface area contributed by atoms with Gasteiger partial charge in [-0.25, -0.2) is 9.69 Å². The maximum absolute atomic E-state index is 11.2. The molecule has 0 aromatic heterocycles. The number of hydrogen-bond acceptors (Lipinski definition) is 3. The molecule has 0 saturated carbocycles. The van der Waals surface area contributed by atoms with Crippen LogP contribution in [0.25, 0.3) is 0 Å². The van der Waals surface area contributed by atoms with Crippen LogP contribution >= 0.6 is 0 Å². The average Bonchev–Trinajstić information content (AvgIpc) is 2.29. The van der Waals surface area contributed by atoms with Crippen molar-refractivity contribution in [2.24, 2.45) is 0 Å². The van der Waals surface area contributed by atoms with Gasteiger partial charge in [-0.1, -0.05) is 30.3 Å². The second-order valence-electron chi connectivity index (χ2n) is 3.53. The summed E-state index contributed by atoms with van der Waals surface area (Å²) in [6.07, 6.45) is 1.72. The molecular weight excluding hydrogens is 220 g/mol. The second kappa shape index (κ2) is 5.66. The molecule has 1 atom stereocenters. The van der Waals surface area contributed by atoms with Crippen molar-refractivity contribution in [3.63, 3.8) is 0 Å². The summed E-state index contributed by atoms with van der Waals surface area (Å²) >= 11 is 0. The molecule has 0 radical (unpaired) electrons. The van der Waals surface area contributed by atoms with Crippen LogP contribution in [0.2, 0.25) is 0 Å². The van der Waals surface area contributed by atoms with Crippen molar-refractivity contribution < 1.29 is 14.7 Å². The van der Waals surface area contributed by atoms with Gasteiger partial charge in [-0.2, -0.15) is 5.26 Å². The first kappa shape index (κ1) is 12.7. The Bertz CT molecular complexity index is 451. The first-order chi connectivity index (χ1) is 8.06. The zero-order chi connectivity index (χ0) is 12.8. The lowest BCUT2D eigenvalue weighted by atomic mass is 10.1. The van der Waals surface area contributed by atoms with Crippen molar-refractivity contribution in [3.05, 3.63) is 35.9 Å². The van der Waals surface area contributed by atoms with Gasteiger partial charge in [0.25, 0.3) is 0 Å². The van der Waals surface area contributed by atoms with E-state index in [1.807, 2.05) is 6.07 Å². The molecule has 1 aromatic rings. The minimum atomic E-state index is -1.19. The van der Waals surface area contributed by atoms with Crippen LogP contribution < -0.4 is 0 Å². The van der Waals surface area contributed by atoms with E-state index in [4.69, 9.17) is 10.4 Å². The third kappa shape index (κ3) is 3.31. The van der Waals surface area contributed by atoms with Gasteiger partial charge < -0.3 is 5.11 Å². The van der Waals surface area contributed by atoms with Crippen LogP contribution in [0.3, 0.4) is 0 Å². The zero-order valence-corrected chi connectivity index (χ0v) is 9.33. The van der Waals surface area contributed by atoms with E-state index < -0.39 is 17.9 Å². The van der Waals surface area contributed by atoms with Crippen molar-refractivity contribution in [1.82, 2.24) is 4.90 Å². The number of aliphatic carboxylic acids is 1.